The summed E-state index contributed by atoms with van der Waals surface area (Å²) in [5, 5.41) is 11.0. The summed E-state index contributed by atoms with van der Waals surface area (Å²) in [6.07, 6.45) is 5.18. The van der Waals surface area contributed by atoms with Crippen LogP contribution >= 0.6 is 0 Å². The number of rotatable bonds is 5. The summed E-state index contributed by atoms with van der Waals surface area (Å²) in [5.74, 6) is 1.70. The zero-order valence-corrected chi connectivity index (χ0v) is 15.6. The van der Waals surface area contributed by atoms with Gasteiger partial charge in [0.2, 0.25) is 0 Å². The summed E-state index contributed by atoms with van der Waals surface area (Å²) in [4.78, 5) is 15.8. The van der Waals surface area contributed by atoms with E-state index in [-0.39, 0.29) is 16.7 Å². The van der Waals surface area contributed by atoms with Crippen molar-refractivity contribution in [3.63, 3.8) is 0 Å². The molecule has 1 atom stereocenters. The molecule has 3 rings (SSSR count). The minimum atomic E-state index is -0.304. The molecule has 2 saturated heterocycles. The smallest absolute Gasteiger partial charge is 0.269 e. The van der Waals surface area contributed by atoms with Gasteiger partial charge in [-0.25, -0.2) is 0 Å². The maximum Gasteiger partial charge on any atom is 0.269 e. The first-order chi connectivity index (χ1) is 12.0. The lowest BCUT2D eigenvalue weighted by Crippen LogP contribution is -2.41. The third kappa shape index (κ3) is 4.79. The van der Waals surface area contributed by atoms with E-state index < -0.39 is 0 Å². The van der Waals surface area contributed by atoms with Gasteiger partial charge in [-0.2, -0.15) is 0 Å². The summed E-state index contributed by atoms with van der Waals surface area (Å²) in [7, 11) is 0. The van der Waals surface area contributed by atoms with Crippen molar-refractivity contribution >= 4 is 5.69 Å². The molecule has 0 bridgehead atoms. The van der Waals surface area contributed by atoms with Gasteiger partial charge < -0.3 is 4.90 Å². The van der Waals surface area contributed by atoms with Crippen LogP contribution in [0.3, 0.4) is 0 Å². The van der Waals surface area contributed by atoms with Crippen molar-refractivity contribution in [2.75, 3.05) is 32.7 Å². The van der Waals surface area contributed by atoms with Gasteiger partial charge in [0, 0.05) is 24.7 Å². The zero-order chi connectivity index (χ0) is 17.8. The number of hydrogen-bond acceptors (Lipinski definition) is 4. The highest BCUT2D eigenvalue weighted by Crippen LogP contribution is 2.29. The van der Waals surface area contributed by atoms with E-state index in [0.29, 0.717) is 0 Å². The van der Waals surface area contributed by atoms with E-state index in [1.54, 1.807) is 18.2 Å². The van der Waals surface area contributed by atoms with Gasteiger partial charge in [0.15, 0.2) is 0 Å². The van der Waals surface area contributed by atoms with Gasteiger partial charge in [-0.05, 0) is 76.2 Å². The largest absolute Gasteiger partial charge is 0.303 e. The molecule has 25 heavy (non-hydrogen) atoms. The number of nitro benzene ring substituents is 1. The zero-order valence-electron chi connectivity index (χ0n) is 15.6. The topological polar surface area (TPSA) is 49.6 Å². The third-order valence-electron chi connectivity index (χ3n) is 6.15. The van der Waals surface area contributed by atoms with Crippen molar-refractivity contribution in [3.8, 4) is 0 Å². The molecule has 0 N–H and O–H groups in total. The summed E-state index contributed by atoms with van der Waals surface area (Å²) in [6.45, 7) is 10.5. The summed E-state index contributed by atoms with van der Waals surface area (Å²) in [5.41, 5.74) is 1.25. The highest BCUT2D eigenvalue weighted by atomic mass is 16.6. The molecule has 5 heteroatoms. The maximum absolute atomic E-state index is 11.0. The molecule has 1 aromatic carbocycles. The molecule has 2 aliphatic rings. The number of non-ortho nitro benzene ring substituents is 1. The second-order valence-electron chi connectivity index (χ2n) is 7.99. The number of likely N-dealkylation sites (tertiary alicyclic amines) is 2. The van der Waals surface area contributed by atoms with Crippen LogP contribution in [0.4, 0.5) is 5.69 Å². The summed E-state index contributed by atoms with van der Waals surface area (Å²) < 4.78 is 0. The third-order valence-corrected chi connectivity index (χ3v) is 6.15. The van der Waals surface area contributed by atoms with E-state index in [1.807, 2.05) is 6.07 Å². The molecule has 1 unspecified atom stereocenters. The van der Waals surface area contributed by atoms with Gasteiger partial charge in [0.1, 0.15) is 0 Å². The molecule has 0 saturated carbocycles. The second-order valence-corrected chi connectivity index (χ2v) is 7.99. The van der Waals surface area contributed by atoms with E-state index in [2.05, 4.69) is 23.6 Å². The number of nitro groups is 1. The van der Waals surface area contributed by atoms with E-state index in [9.17, 15) is 10.1 Å². The molecule has 0 radical (unpaired) electrons. The number of piperidine rings is 2. The van der Waals surface area contributed by atoms with Crippen LogP contribution < -0.4 is 0 Å². The summed E-state index contributed by atoms with van der Waals surface area (Å²) >= 11 is 0. The van der Waals surface area contributed by atoms with Crippen molar-refractivity contribution < 1.29 is 4.92 Å². The Morgan fingerprint density at radius 2 is 1.84 bits per heavy atom. The fourth-order valence-corrected chi connectivity index (χ4v) is 4.24. The van der Waals surface area contributed by atoms with Crippen LogP contribution in [0.15, 0.2) is 24.3 Å². The monoisotopic (exact) mass is 345 g/mol. The minimum Gasteiger partial charge on any atom is -0.303 e. The van der Waals surface area contributed by atoms with Crippen LogP contribution in [0.2, 0.25) is 0 Å². The Balaban J connectivity index is 1.50. The maximum atomic E-state index is 11.0. The second kappa shape index (κ2) is 8.28. The van der Waals surface area contributed by atoms with Crippen LogP contribution in [0.25, 0.3) is 0 Å². The van der Waals surface area contributed by atoms with Crippen LogP contribution in [0.5, 0.6) is 0 Å². The van der Waals surface area contributed by atoms with E-state index in [1.165, 1.54) is 45.3 Å². The summed E-state index contributed by atoms with van der Waals surface area (Å²) in [6, 6.07) is 7.36. The molecule has 0 amide bonds. The highest BCUT2D eigenvalue weighted by molar-refractivity contribution is 5.35. The van der Waals surface area contributed by atoms with Crippen molar-refractivity contribution in [2.45, 2.75) is 45.6 Å². The Hall–Kier alpha value is -1.46. The van der Waals surface area contributed by atoms with Crippen molar-refractivity contribution in [2.24, 2.45) is 11.8 Å². The average Bonchev–Trinajstić information content (AvgIpc) is 2.64. The molecule has 138 valence electrons. The Morgan fingerprint density at radius 3 is 2.48 bits per heavy atom. The van der Waals surface area contributed by atoms with Gasteiger partial charge in [0.25, 0.3) is 5.69 Å². The fourth-order valence-electron chi connectivity index (χ4n) is 4.24. The first-order valence-electron chi connectivity index (χ1n) is 9.73. The molecule has 2 fully saturated rings. The van der Waals surface area contributed by atoms with Crippen molar-refractivity contribution in [1.29, 1.82) is 0 Å². The van der Waals surface area contributed by atoms with Crippen LogP contribution in [-0.2, 0) is 0 Å². The molecule has 0 spiro atoms. The van der Waals surface area contributed by atoms with Crippen LogP contribution in [-0.4, -0.2) is 47.4 Å². The molecular formula is C20H31N3O2. The SMILES string of the molecule is CC1CCN(CC2CCN(C(C)c3cccc([N+](=O)[O-])c3)CC2)CC1. The Morgan fingerprint density at radius 1 is 1.16 bits per heavy atom. The van der Waals surface area contributed by atoms with Crippen molar-refractivity contribution in [1.82, 2.24) is 9.80 Å². The van der Waals surface area contributed by atoms with Gasteiger partial charge >= 0.3 is 0 Å². The predicted octanol–water partition coefficient (Wildman–Crippen LogP) is 4.10. The van der Waals surface area contributed by atoms with Crippen LogP contribution in [0.1, 0.15) is 51.1 Å². The lowest BCUT2D eigenvalue weighted by molar-refractivity contribution is -0.385. The molecule has 0 aliphatic carbocycles. The van der Waals surface area contributed by atoms with Gasteiger partial charge in [0.05, 0.1) is 4.92 Å². The molecule has 2 aliphatic heterocycles. The van der Waals surface area contributed by atoms with E-state index >= 15 is 0 Å². The Labute approximate surface area is 151 Å². The molecule has 1 aromatic rings. The minimum absolute atomic E-state index is 0.193. The lowest BCUT2D eigenvalue weighted by atomic mass is 9.92. The van der Waals surface area contributed by atoms with Gasteiger partial charge in [-0.1, -0.05) is 19.1 Å². The molecule has 2 heterocycles. The number of nitrogens with zero attached hydrogens (tertiary/aromatic N) is 3. The standard InChI is InChI=1S/C20H31N3O2/c1-16-6-10-21(11-7-16)15-18-8-12-22(13-9-18)17(2)19-4-3-5-20(14-19)23(24)25/h3-5,14,16-18H,6-13,15H2,1-2H3. The first kappa shape index (κ1) is 18.3. The molecular weight excluding hydrogens is 314 g/mol. The Bertz CT molecular complexity index is 576. The van der Waals surface area contributed by atoms with Crippen LogP contribution in [0, 0.1) is 22.0 Å². The fraction of sp³-hybridized carbons (Fsp3) is 0.700. The van der Waals surface area contributed by atoms with Gasteiger partial charge in [-0.15, -0.1) is 0 Å². The highest BCUT2D eigenvalue weighted by Gasteiger charge is 2.26. The first-order valence-corrected chi connectivity index (χ1v) is 9.73. The van der Waals surface area contributed by atoms with E-state index in [4.69, 9.17) is 0 Å². The quantitative estimate of drug-likeness (QED) is 0.595. The van der Waals surface area contributed by atoms with Gasteiger partial charge in [-0.3, -0.25) is 15.0 Å². The predicted molar refractivity (Wildman–Crippen MR) is 101 cm³/mol. The molecule has 5 nitrogen and oxygen atoms in total. The lowest BCUT2D eigenvalue weighted by Gasteiger charge is -2.39. The van der Waals surface area contributed by atoms with E-state index in [0.717, 1.165) is 30.5 Å². The molecule has 0 aromatic heterocycles. The number of hydrogen-bond donors (Lipinski definition) is 0. The average molecular weight is 345 g/mol. The van der Waals surface area contributed by atoms with Crippen molar-refractivity contribution in [3.05, 3.63) is 39.9 Å². The number of benzene rings is 1. The Kier molecular flexibility index (Phi) is 6.07. The normalized spacial score (nSPS) is 22.8.